The van der Waals surface area contributed by atoms with Crippen molar-refractivity contribution >= 4 is 5.95 Å². The Kier molecular flexibility index (Phi) is 3.87. The summed E-state index contributed by atoms with van der Waals surface area (Å²) >= 11 is 0. The minimum absolute atomic E-state index is 0.308. The minimum atomic E-state index is -0.472. The molecule has 90 valence electrons. The predicted octanol–water partition coefficient (Wildman–Crippen LogP) is -0.192. The lowest BCUT2D eigenvalue weighted by atomic mass is 10.3. The average Bonchev–Trinajstić information content (AvgIpc) is 2.23. The molecule has 16 heavy (non-hydrogen) atoms. The third-order valence-electron chi connectivity index (χ3n) is 2.38. The number of hydrogen-bond donors (Lipinski definition) is 0. The highest BCUT2D eigenvalue weighted by Gasteiger charge is 2.10. The van der Waals surface area contributed by atoms with E-state index in [-0.39, 0.29) is 5.69 Å². The monoisotopic (exact) mass is 226 g/mol. The van der Waals surface area contributed by atoms with Crippen molar-refractivity contribution in [3.8, 4) is 0 Å². The van der Waals surface area contributed by atoms with Gasteiger partial charge in [0.15, 0.2) is 0 Å². The lowest BCUT2D eigenvalue weighted by molar-refractivity contribution is 0.536. The molecule has 0 fully saturated rings. The van der Waals surface area contributed by atoms with E-state index in [0.29, 0.717) is 12.5 Å². The van der Waals surface area contributed by atoms with Crippen LogP contribution in [-0.4, -0.2) is 28.2 Å². The van der Waals surface area contributed by atoms with E-state index in [9.17, 15) is 9.59 Å². The van der Waals surface area contributed by atoms with E-state index in [0.717, 1.165) is 12.8 Å². The molecule has 0 bridgehead atoms. The van der Waals surface area contributed by atoms with Crippen LogP contribution >= 0.6 is 0 Å². The normalized spacial score (nSPS) is 10.5. The Morgan fingerprint density at radius 3 is 2.44 bits per heavy atom. The van der Waals surface area contributed by atoms with Crippen LogP contribution in [0.15, 0.2) is 9.59 Å². The number of anilines is 1. The molecule has 0 N–H and O–H groups in total. The summed E-state index contributed by atoms with van der Waals surface area (Å²) < 4.78 is 2.56. The second-order valence-electron chi connectivity index (χ2n) is 3.94. The number of hydrogen-bond acceptors (Lipinski definition) is 4. The Hall–Kier alpha value is -1.59. The SMILES string of the molecule is CCCCn1c(=O)nc(N(C)C)n(C)c1=O. The molecule has 0 atom stereocenters. The number of unbranched alkanes of at least 4 members (excludes halogenated alkanes) is 1. The van der Waals surface area contributed by atoms with Crippen molar-refractivity contribution in [1.82, 2.24) is 14.1 Å². The molecule has 1 aromatic heterocycles. The van der Waals surface area contributed by atoms with Crippen LogP contribution in [0.3, 0.4) is 0 Å². The van der Waals surface area contributed by atoms with Gasteiger partial charge in [0.1, 0.15) is 0 Å². The van der Waals surface area contributed by atoms with Crippen LogP contribution in [0.4, 0.5) is 5.95 Å². The van der Waals surface area contributed by atoms with Crippen LogP contribution in [0.5, 0.6) is 0 Å². The molecule has 0 aromatic carbocycles. The lowest BCUT2D eigenvalue weighted by Gasteiger charge is -2.15. The standard InChI is InChI=1S/C10H18N4O2/c1-5-6-7-14-9(15)11-8(12(2)3)13(4)10(14)16/h5-7H2,1-4H3. The molecule has 0 saturated carbocycles. The molecule has 1 aromatic rings. The molecule has 0 radical (unpaired) electrons. The molecule has 1 heterocycles. The first-order valence-corrected chi connectivity index (χ1v) is 5.34. The molecule has 1 rings (SSSR count). The first kappa shape index (κ1) is 12.5. The molecular weight excluding hydrogens is 208 g/mol. The molecule has 6 nitrogen and oxygen atoms in total. The zero-order valence-electron chi connectivity index (χ0n) is 10.2. The summed E-state index contributed by atoms with van der Waals surface area (Å²) in [6.07, 6.45) is 1.74. The molecule has 0 spiro atoms. The van der Waals surface area contributed by atoms with E-state index in [1.807, 2.05) is 6.92 Å². The van der Waals surface area contributed by atoms with Crippen molar-refractivity contribution in [1.29, 1.82) is 0 Å². The molecule has 0 aliphatic rings. The molecule has 0 amide bonds. The molecule has 0 aliphatic heterocycles. The van der Waals surface area contributed by atoms with E-state index in [2.05, 4.69) is 4.98 Å². The van der Waals surface area contributed by atoms with Crippen LogP contribution in [0, 0.1) is 0 Å². The third-order valence-corrected chi connectivity index (χ3v) is 2.38. The van der Waals surface area contributed by atoms with Crippen LogP contribution in [0.2, 0.25) is 0 Å². The average molecular weight is 226 g/mol. The van der Waals surface area contributed by atoms with Crippen molar-refractivity contribution in [3.05, 3.63) is 21.0 Å². The van der Waals surface area contributed by atoms with Gasteiger partial charge in [-0.25, -0.2) is 14.2 Å². The summed E-state index contributed by atoms with van der Waals surface area (Å²) in [5.74, 6) is 0.378. The summed E-state index contributed by atoms with van der Waals surface area (Å²) in [6, 6.07) is 0. The van der Waals surface area contributed by atoms with Crippen LogP contribution in [-0.2, 0) is 13.6 Å². The maximum absolute atomic E-state index is 11.9. The van der Waals surface area contributed by atoms with Gasteiger partial charge in [0, 0.05) is 27.7 Å². The summed E-state index contributed by atoms with van der Waals surface area (Å²) in [5, 5.41) is 0. The zero-order chi connectivity index (χ0) is 12.3. The first-order chi connectivity index (χ1) is 7.49. The summed E-state index contributed by atoms with van der Waals surface area (Å²) in [6.45, 7) is 2.44. The van der Waals surface area contributed by atoms with Crippen molar-refractivity contribution in [2.75, 3.05) is 19.0 Å². The van der Waals surface area contributed by atoms with Crippen molar-refractivity contribution < 1.29 is 0 Å². The Balaban J connectivity index is 3.30. The van der Waals surface area contributed by atoms with Gasteiger partial charge in [-0.3, -0.25) is 4.57 Å². The molecule has 0 aliphatic carbocycles. The van der Waals surface area contributed by atoms with E-state index in [4.69, 9.17) is 0 Å². The summed E-state index contributed by atoms with van der Waals surface area (Å²) in [5.41, 5.74) is -0.780. The van der Waals surface area contributed by atoms with Crippen LogP contribution in [0.25, 0.3) is 0 Å². The van der Waals surface area contributed by atoms with Gasteiger partial charge in [0.25, 0.3) is 0 Å². The van der Waals surface area contributed by atoms with Crippen LogP contribution in [0.1, 0.15) is 19.8 Å². The van der Waals surface area contributed by atoms with Crippen molar-refractivity contribution in [2.45, 2.75) is 26.3 Å². The van der Waals surface area contributed by atoms with Gasteiger partial charge in [-0.15, -0.1) is 0 Å². The molecule has 0 unspecified atom stereocenters. The summed E-state index contributed by atoms with van der Waals surface area (Å²) in [7, 11) is 5.11. The highest BCUT2D eigenvalue weighted by atomic mass is 16.2. The number of nitrogens with zero attached hydrogens (tertiary/aromatic N) is 4. The van der Waals surface area contributed by atoms with Gasteiger partial charge in [-0.2, -0.15) is 4.98 Å². The maximum Gasteiger partial charge on any atom is 0.354 e. The fourth-order valence-electron chi connectivity index (χ4n) is 1.48. The Morgan fingerprint density at radius 1 is 1.31 bits per heavy atom. The summed E-state index contributed by atoms with van der Waals surface area (Å²) in [4.78, 5) is 29.0. The molecule has 6 heteroatoms. The Labute approximate surface area is 94.1 Å². The smallest absolute Gasteiger partial charge is 0.348 e. The Morgan fingerprint density at radius 2 is 1.94 bits per heavy atom. The van der Waals surface area contributed by atoms with E-state index in [1.165, 1.54) is 9.13 Å². The highest BCUT2D eigenvalue weighted by Crippen LogP contribution is 1.98. The van der Waals surface area contributed by atoms with Gasteiger partial charge in [0.05, 0.1) is 0 Å². The van der Waals surface area contributed by atoms with Crippen LogP contribution < -0.4 is 16.3 Å². The Bertz CT molecular complexity index is 473. The topological polar surface area (TPSA) is 60.1 Å². The highest BCUT2D eigenvalue weighted by molar-refractivity contribution is 5.25. The van der Waals surface area contributed by atoms with Gasteiger partial charge >= 0.3 is 11.4 Å². The quantitative estimate of drug-likeness (QED) is 0.714. The predicted molar refractivity (Wildman–Crippen MR) is 63.0 cm³/mol. The van der Waals surface area contributed by atoms with Gasteiger partial charge in [0.2, 0.25) is 5.95 Å². The minimum Gasteiger partial charge on any atom is -0.348 e. The van der Waals surface area contributed by atoms with Gasteiger partial charge in [-0.05, 0) is 6.42 Å². The number of aromatic nitrogens is 3. The maximum atomic E-state index is 11.9. The number of rotatable bonds is 4. The van der Waals surface area contributed by atoms with Gasteiger partial charge < -0.3 is 4.90 Å². The van der Waals surface area contributed by atoms with Crippen molar-refractivity contribution in [2.24, 2.45) is 7.05 Å². The lowest BCUT2D eigenvalue weighted by Crippen LogP contribution is -2.42. The van der Waals surface area contributed by atoms with E-state index < -0.39 is 5.69 Å². The zero-order valence-corrected chi connectivity index (χ0v) is 10.2. The second-order valence-corrected chi connectivity index (χ2v) is 3.94. The van der Waals surface area contributed by atoms with E-state index in [1.54, 1.807) is 26.0 Å². The largest absolute Gasteiger partial charge is 0.354 e. The van der Waals surface area contributed by atoms with Crippen molar-refractivity contribution in [3.63, 3.8) is 0 Å². The fourth-order valence-corrected chi connectivity index (χ4v) is 1.48. The van der Waals surface area contributed by atoms with Gasteiger partial charge in [-0.1, -0.05) is 13.3 Å². The fraction of sp³-hybridized carbons (Fsp3) is 0.700. The first-order valence-electron chi connectivity index (χ1n) is 5.34. The second kappa shape index (κ2) is 4.96. The molecular formula is C10H18N4O2. The third kappa shape index (κ3) is 2.32. The van der Waals surface area contributed by atoms with E-state index >= 15 is 0 Å². The molecule has 0 saturated heterocycles.